The minimum absolute atomic E-state index is 0.152. The van der Waals surface area contributed by atoms with Crippen molar-refractivity contribution < 1.29 is 19.4 Å². The molecular weight excluding hydrogens is 506 g/mol. The first kappa shape index (κ1) is 27.6. The normalized spacial score (nSPS) is 14.8. The number of amides is 1. The van der Waals surface area contributed by atoms with E-state index in [1.165, 1.54) is 0 Å². The zero-order valence-corrected chi connectivity index (χ0v) is 22.4. The van der Waals surface area contributed by atoms with E-state index in [9.17, 15) is 14.7 Å². The second-order valence-corrected chi connectivity index (χ2v) is 10.6. The number of carboxylic acids is 1. The molecule has 1 aromatic carbocycles. The molecular formula is C23H32ClN7O4S. The van der Waals surface area contributed by atoms with Gasteiger partial charge < -0.3 is 30.3 Å². The summed E-state index contributed by atoms with van der Waals surface area (Å²) >= 11 is 7.55. The second kappa shape index (κ2) is 12.3. The summed E-state index contributed by atoms with van der Waals surface area (Å²) in [6.45, 7) is 7.34. The lowest BCUT2D eigenvalue weighted by atomic mass is 10.2. The third-order valence-electron chi connectivity index (χ3n) is 5.15. The molecule has 196 valence electrons. The van der Waals surface area contributed by atoms with E-state index in [-0.39, 0.29) is 18.0 Å². The fourth-order valence-electron chi connectivity index (χ4n) is 3.35. The number of hydrogen-bond acceptors (Lipinski definition) is 10. The number of carbonyl (C=O) groups excluding carboxylic acids is 1. The number of ether oxygens (including phenoxy) is 1. The smallest absolute Gasteiger partial charge is 0.410 e. The second-order valence-electron chi connectivity index (χ2n) is 9.19. The first-order chi connectivity index (χ1) is 17.0. The maximum Gasteiger partial charge on any atom is 0.410 e. The number of nitrogens with one attached hydrogen (secondary N) is 2. The Morgan fingerprint density at radius 1 is 1.11 bits per heavy atom. The summed E-state index contributed by atoms with van der Waals surface area (Å²) in [4.78, 5) is 41.2. The highest BCUT2D eigenvalue weighted by atomic mass is 35.5. The number of rotatable bonds is 9. The van der Waals surface area contributed by atoms with Gasteiger partial charge in [0.15, 0.2) is 0 Å². The molecule has 3 rings (SSSR count). The number of thioether (sulfide) groups is 1. The number of aromatic nitrogens is 3. The lowest BCUT2D eigenvalue weighted by Gasteiger charge is -2.35. The molecule has 1 fully saturated rings. The Morgan fingerprint density at radius 2 is 1.75 bits per heavy atom. The molecule has 1 aliphatic rings. The fraction of sp³-hybridized carbons (Fsp3) is 0.522. The molecule has 13 heteroatoms. The molecule has 36 heavy (non-hydrogen) atoms. The van der Waals surface area contributed by atoms with Crippen LogP contribution in [0, 0.1) is 0 Å². The van der Waals surface area contributed by atoms with Crippen molar-refractivity contribution in [2.75, 3.05) is 53.7 Å². The molecule has 0 unspecified atom stereocenters. The topological polar surface area (TPSA) is 133 Å². The molecule has 11 nitrogen and oxygen atoms in total. The highest BCUT2D eigenvalue weighted by Gasteiger charge is 2.28. The number of nitrogens with zero attached hydrogens (tertiary/aromatic N) is 5. The first-order valence-electron chi connectivity index (χ1n) is 11.5. The van der Waals surface area contributed by atoms with E-state index in [0.717, 1.165) is 5.69 Å². The quantitative estimate of drug-likeness (QED) is 0.429. The Morgan fingerprint density at radius 3 is 2.33 bits per heavy atom. The summed E-state index contributed by atoms with van der Waals surface area (Å²) in [6.07, 6.45) is 1.97. The first-order valence-corrected chi connectivity index (χ1v) is 13.3. The summed E-state index contributed by atoms with van der Waals surface area (Å²) in [5.74, 6) is 0.476. The molecule has 1 saturated heterocycles. The number of hydrogen-bond donors (Lipinski definition) is 3. The molecule has 0 saturated carbocycles. The van der Waals surface area contributed by atoms with E-state index in [1.807, 2.05) is 31.9 Å². The van der Waals surface area contributed by atoms with Crippen LogP contribution in [0.1, 0.15) is 27.2 Å². The van der Waals surface area contributed by atoms with Crippen molar-refractivity contribution in [2.24, 2.45) is 0 Å². The molecule has 1 amide bonds. The number of piperazine rings is 1. The van der Waals surface area contributed by atoms with Gasteiger partial charge in [0.25, 0.3) is 0 Å². The molecule has 1 aliphatic heterocycles. The average molecular weight is 538 g/mol. The minimum Gasteiger partial charge on any atom is -0.480 e. The lowest BCUT2D eigenvalue weighted by molar-refractivity contribution is -0.137. The van der Waals surface area contributed by atoms with Gasteiger partial charge in [-0.25, -0.2) is 9.59 Å². The van der Waals surface area contributed by atoms with Crippen molar-refractivity contribution in [1.82, 2.24) is 19.9 Å². The summed E-state index contributed by atoms with van der Waals surface area (Å²) in [6, 6.07) is 6.21. The van der Waals surface area contributed by atoms with Crippen LogP contribution >= 0.6 is 23.4 Å². The van der Waals surface area contributed by atoms with Crippen LogP contribution < -0.4 is 15.5 Å². The van der Waals surface area contributed by atoms with Gasteiger partial charge in [0.05, 0.1) is 0 Å². The fourth-order valence-corrected chi connectivity index (χ4v) is 3.95. The van der Waals surface area contributed by atoms with Crippen molar-refractivity contribution in [2.45, 2.75) is 38.8 Å². The lowest BCUT2D eigenvalue weighted by Crippen LogP contribution is -2.50. The third-order valence-corrected chi connectivity index (χ3v) is 6.05. The van der Waals surface area contributed by atoms with E-state index in [1.54, 1.807) is 40.9 Å². The number of aliphatic carboxylic acids is 1. The van der Waals surface area contributed by atoms with E-state index in [4.69, 9.17) is 16.3 Å². The molecule has 0 aliphatic carbocycles. The van der Waals surface area contributed by atoms with Gasteiger partial charge in [0.1, 0.15) is 11.6 Å². The van der Waals surface area contributed by atoms with Crippen LogP contribution in [0.2, 0.25) is 5.02 Å². The average Bonchev–Trinajstić information content (AvgIpc) is 2.82. The maximum absolute atomic E-state index is 12.4. The largest absolute Gasteiger partial charge is 0.480 e. The van der Waals surface area contributed by atoms with E-state index >= 15 is 0 Å². The molecule has 1 aromatic heterocycles. The minimum atomic E-state index is -0.982. The highest BCUT2D eigenvalue weighted by Crippen LogP contribution is 2.22. The predicted octanol–water partition coefficient (Wildman–Crippen LogP) is 3.94. The van der Waals surface area contributed by atoms with Crippen LogP contribution in [-0.2, 0) is 9.53 Å². The van der Waals surface area contributed by atoms with Gasteiger partial charge in [-0.2, -0.15) is 26.7 Å². The summed E-state index contributed by atoms with van der Waals surface area (Å²) in [5.41, 5.74) is 0.150. The monoisotopic (exact) mass is 537 g/mol. The summed E-state index contributed by atoms with van der Waals surface area (Å²) in [7, 11) is 0. The molecule has 2 heterocycles. The van der Waals surface area contributed by atoms with Gasteiger partial charge in [-0.15, -0.1) is 0 Å². The summed E-state index contributed by atoms with van der Waals surface area (Å²) in [5, 5.41) is 16.3. The van der Waals surface area contributed by atoms with Gasteiger partial charge in [0, 0.05) is 36.9 Å². The Bertz CT molecular complexity index is 1040. The third kappa shape index (κ3) is 8.30. The number of anilines is 4. The SMILES string of the molecule is CSCC[C@H](Nc1nc(Nc2ccc(Cl)cc2)nc(N2CCN(C(=O)OC(C)(C)C)CC2)n1)C(=O)O. The summed E-state index contributed by atoms with van der Waals surface area (Å²) < 4.78 is 5.47. The van der Waals surface area contributed by atoms with E-state index < -0.39 is 17.6 Å². The Kier molecular flexibility index (Phi) is 9.43. The molecule has 0 bridgehead atoms. The zero-order chi connectivity index (χ0) is 26.3. The molecule has 0 spiro atoms. The van der Waals surface area contributed by atoms with Gasteiger partial charge in [0.2, 0.25) is 17.8 Å². The number of carbonyl (C=O) groups is 2. The molecule has 2 aromatic rings. The Hall–Kier alpha value is -2.99. The van der Waals surface area contributed by atoms with E-state index in [2.05, 4.69) is 25.6 Å². The maximum atomic E-state index is 12.4. The van der Waals surface area contributed by atoms with Crippen molar-refractivity contribution in [3.63, 3.8) is 0 Å². The van der Waals surface area contributed by atoms with Crippen molar-refractivity contribution in [3.05, 3.63) is 29.3 Å². The standard InChI is InChI=1S/C23H32ClN7O4S/c1-23(2,3)35-22(34)31-12-10-30(11-13-31)21-28-19(25-16-7-5-15(24)6-8-16)27-20(29-21)26-17(18(32)33)9-14-36-4/h5-8,17H,9-14H2,1-4H3,(H,32,33)(H2,25,26,27,28,29)/t17-/m0/s1. The molecule has 1 atom stereocenters. The van der Waals surface area contributed by atoms with Crippen LogP contribution in [0.5, 0.6) is 0 Å². The van der Waals surface area contributed by atoms with Crippen LogP contribution in [0.4, 0.5) is 28.3 Å². The number of benzene rings is 1. The Labute approximate surface area is 220 Å². The van der Waals surface area contributed by atoms with Crippen LogP contribution in [0.15, 0.2) is 24.3 Å². The van der Waals surface area contributed by atoms with Gasteiger partial charge in [-0.1, -0.05) is 11.6 Å². The Balaban J connectivity index is 1.80. The van der Waals surface area contributed by atoms with Crippen LogP contribution in [-0.4, -0.2) is 86.9 Å². The highest BCUT2D eigenvalue weighted by molar-refractivity contribution is 7.98. The van der Waals surface area contributed by atoms with Crippen molar-refractivity contribution in [3.8, 4) is 0 Å². The van der Waals surface area contributed by atoms with Gasteiger partial charge >= 0.3 is 12.1 Å². The number of carboxylic acid groups (broad SMARTS) is 1. The van der Waals surface area contributed by atoms with E-state index in [0.29, 0.717) is 49.3 Å². The molecule has 0 radical (unpaired) electrons. The van der Waals surface area contributed by atoms with Crippen LogP contribution in [0.3, 0.4) is 0 Å². The van der Waals surface area contributed by atoms with Gasteiger partial charge in [-0.05, 0) is 63.5 Å². The van der Waals surface area contributed by atoms with Crippen molar-refractivity contribution >= 4 is 59.0 Å². The van der Waals surface area contributed by atoms with Crippen molar-refractivity contribution in [1.29, 1.82) is 0 Å². The zero-order valence-electron chi connectivity index (χ0n) is 20.8. The predicted molar refractivity (Wildman–Crippen MR) is 143 cm³/mol. The van der Waals surface area contributed by atoms with Gasteiger partial charge in [-0.3, -0.25) is 0 Å². The van der Waals surface area contributed by atoms with Crippen LogP contribution in [0.25, 0.3) is 0 Å². The molecule has 3 N–H and O–H groups in total. The number of halogens is 1.